The molecule has 25 heavy (non-hydrogen) atoms. The Balaban J connectivity index is 1.29. The first-order valence-electron chi connectivity index (χ1n) is 9.23. The third kappa shape index (κ3) is 3.87. The van der Waals surface area contributed by atoms with E-state index in [1.807, 2.05) is 4.90 Å². The van der Waals surface area contributed by atoms with E-state index >= 15 is 0 Å². The van der Waals surface area contributed by atoms with Gasteiger partial charge < -0.3 is 19.7 Å². The lowest BCUT2D eigenvalue weighted by Crippen LogP contribution is -2.59. The first-order chi connectivity index (χ1) is 12.2. The van der Waals surface area contributed by atoms with Gasteiger partial charge in [-0.2, -0.15) is 0 Å². The maximum atomic E-state index is 12.7. The van der Waals surface area contributed by atoms with Crippen molar-refractivity contribution in [3.05, 3.63) is 35.4 Å². The first kappa shape index (κ1) is 17.0. The van der Waals surface area contributed by atoms with Crippen molar-refractivity contribution >= 4 is 5.91 Å². The van der Waals surface area contributed by atoms with Gasteiger partial charge in [-0.05, 0) is 11.1 Å². The third-order valence-corrected chi connectivity index (χ3v) is 5.38. The van der Waals surface area contributed by atoms with E-state index in [9.17, 15) is 4.79 Å². The summed E-state index contributed by atoms with van der Waals surface area (Å²) in [5, 5.41) is 3.36. The van der Waals surface area contributed by atoms with Crippen LogP contribution < -0.4 is 5.32 Å². The summed E-state index contributed by atoms with van der Waals surface area (Å²) < 4.78 is 11.7. The SMILES string of the molecule is O=C(CCN1Cc2ccccc2C1)N1CCOC2(CNCCOC2)C1. The van der Waals surface area contributed by atoms with Crippen LogP contribution in [0.15, 0.2) is 24.3 Å². The van der Waals surface area contributed by atoms with E-state index in [0.717, 1.165) is 32.7 Å². The maximum Gasteiger partial charge on any atom is 0.224 e. The Morgan fingerprint density at radius 2 is 2.00 bits per heavy atom. The fourth-order valence-electron chi connectivity index (χ4n) is 4.00. The highest BCUT2D eigenvalue weighted by Crippen LogP contribution is 2.23. The highest BCUT2D eigenvalue weighted by molar-refractivity contribution is 5.76. The molecule has 1 aromatic rings. The van der Waals surface area contributed by atoms with Gasteiger partial charge in [-0.1, -0.05) is 24.3 Å². The minimum absolute atomic E-state index is 0.225. The molecule has 6 heteroatoms. The number of rotatable bonds is 3. The summed E-state index contributed by atoms with van der Waals surface area (Å²) in [5.41, 5.74) is 2.40. The number of nitrogens with zero attached hydrogens (tertiary/aromatic N) is 2. The van der Waals surface area contributed by atoms with Crippen molar-refractivity contribution in [1.29, 1.82) is 0 Å². The maximum absolute atomic E-state index is 12.7. The molecular weight excluding hydrogens is 318 g/mol. The van der Waals surface area contributed by atoms with E-state index in [1.165, 1.54) is 11.1 Å². The summed E-state index contributed by atoms with van der Waals surface area (Å²) >= 11 is 0. The quantitative estimate of drug-likeness (QED) is 0.870. The van der Waals surface area contributed by atoms with Gasteiger partial charge >= 0.3 is 0 Å². The number of morpholine rings is 1. The molecule has 0 aliphatic carbocycles. The standard InChI is InChI=1S/C19H27N3O3/c23-18(5-7-21-11-16-3-1-2-4-17(16)12-21)22-8-10-25-19(14-22)13-20-6-9-24-15-19/h1-4,20H,5-15H2. The molecule has 1 atom stereocenters. The summed E-state index contributed by atoms with van der Waals surface area (Å²) in [6, 6.07) is 8.54. The Kier molecular flexibility index (Phi) is 5.03. The number of nitrogens with one attached hydrogen (secondary N) is 1. The molecule has 1 unspecified atom stereocenters. The number of hydrogen-bond acceptors (Lipinski definition) is 5. The Bertz CT molecular complexity index is 589. The van der Waals surface area contributed by atoms with Crippen LogP contribution in [0.3, 0.4) is 0 Å². The number of ether oxygens (including phenoxy) is 2. The lowest BCUT2D eigenvalue weighted by molar-refractivity contribution is -0.158. The van der Waals surface area contributed by atoms with Crippen LogP contribution in [-0.2, 0) is 27.4 Å². The van der Waals surface area contributed by atoms with Crippen molar-refractivity contribution in [2.24, 2.45) is 0 Å². The van der Waals surface area contributed by atoms with Gasteiger partial charge in [-0.15, -0.1) is 0 Å². The van der Waals surface area contributed by atoms with Gasteiger partial charge in [-0.3, -0.25) is 9.69 Å². The molecule has 0 bridgehead atoms. The Morgan fingerprint density at radius 1 is 1.20 bits per heavy atom. The average molecular weight is 345 g/mol. The predicted octanol–water partition coefficient (Wildman–Crippen LogP) is 0.610. The zero-order valence-electron chi connectivity index (χ0n) is 14.7. The van der Waals surface area contributed by atoms with Crippen LogP contribution in [0, 0.1) is 0 Å². The van der Waals surface area contributed by atoms with E-state index in [0.29, 0.717) is 39.3 Å². The van der Waals surface area contributed by atoms with Crippen LogP contribution in [0.2, 0.25) is 0 Å². The van der Waals surface area contributed by atoms with Gasteiger partial charge in [0.1, 0.15) is 5.60 Å². The lowest BCUT2D eigenvalue weighted by Gasteiger charge is -2.42. The van der Waals surface area contributed by atoms with Crippen molar-refractivity contribution in [1.82, 2.24) is 15.1 Å². The molecule has 3 aliphatic rings. The Hall–Kier alpha value is -1.47. The van der Waals surface area contributed by atoms with Gasteiger partial charge in [0.25, 0.3) is 0 Å². The van der Waals surface area contributed by atoms with Crippen molar-refractivity contribution in [3.8, 4) is 0 Å². The number of fused-ring (bicyclic) bond motifs is 1. The molecule has 1 N–H and O–H groups in total. The van der Waals surface area contributed by atoms with Gasteiger partial charge in [0.2, 0.25) is 5.91 Å². The predicted molar refractivity (Wildman–Crippen MR) is 94.1 cm³/mol. The minimum atomic E-state index is -0.381. The molecule has 6 nitrogen and oxygen atoms in total. The van der Waals surface area contributed by atoms with Crippen LogP contribution in [-0.4, -0.2) is 73.9 Å². The van der Waals surface area contributed by atoms with E-state index in [2.05, 4.69) is 34.5 Å². The minimum Gasteiger partial charge on any atom is -0.377 e. The van der Waals surface area contributed by atoms with Crippen LogP contribution in [0.1, 0.15) is 17.5 Å². The van der Waals surface area contributed by atoms with E-state index < -0.39 is 0 Å². The van der Waals surface area contributed by atoms with Gasteiger partial charge in [0.05, 0.1) is 26.4 Å². The third-order valence-electron chi connectivity index (χ3n) is 5.38. The molecule has 1 spiro atoms. The van der Waals surface area contributed by atoms with Crippen LogP contribution >= 0.6 is 0 Å². The zero-order chi connectivity index (χ0) is 17.1. The molecule has 0 saturated carbocycles. The number of hydrogen-bond donors (Lipinski definition) is 1. The summed E-state index contributed by atoms with van der Waals surface area (Å²) in [6.45, 7) is 7.47. The molecule has 4 rings (SSSR count). The summed E-state index contributed by atoms with van der Waals surface area (Å²) in [4.78, 5) is 17.0. The highest BCUT2D eigenvalue weighted by atomic mass is 16.5. The highest BCUT2D eigenvalue weighted by Gasteiger charge is 2.39. The smallest absolute Gasteiger partial charge is 0.224 e. The number of amides is 1. The Morgan fingerprint density at radius 3 is 2.80 bits per heavy atom. The number of carbonyl (C=O) groups excluding carboxylic acids is 1. The normalized spacial score (nSPS) is 27.3. The van der Waals surface area contributed by atoms with Gasteiger partial charge in [0.15, 0.2) is 0 Å². The topological polar surface area (TPSA) is 54.0 Å². The van der Waals surface area contributed by atoms with Gasteiger partial charge in [-0.25, -0.2) is 0 Å². The second-order valence-electron chi connectivity index (χ2n) is 7.31. The molecule has 0 aromatic heterocycles. The fraction of sp³-hybridized carbons (Fsp3) is 0.632. The summed E-state index contributed by atoms with van der Waals surface area (Å²) in [6.07, 6.45) is 0.568. The average Bonchev–Trinajstić information content (AvgIpc) is 2.93. The monoisotopic (exact) mass is 345 g/mol. The molecule has 0 radical (unpaired) electrons. The van der Waals surface area contributed by atoms with Gasteiger partial charge in [0, 0.05) is 45.7 Å². The van der Waals surface area contributed by atoms with Crippen molar-refractivity contribution in [2.45, 2.75) is 25.1 Å². The zero-order valence-corrected chi connectivity index (χ0v) is 14.7. The van der Waals surface area contributed by atoms with Crippen LogP contribution in [0.4, 0.5) is 0 Å². The first-order valence-corrected chi connectivity index (χ1v) is 9.23. The molecule has 2 saturated heterocycles. The van der Waals surface area contributed by atoms with E-state index in [4.69, 9.17) is 9.47 Å². The number of carbonyl (C=O) groups is 1. The van der Waals surface area contributed by atoms with Crippen molar-refractivity contribution in [2.75, 3.05) is 52.5 Å². The molecule has 1 amide bonds. The number of benzene rings is 1. The van der Waals surface area contributed by atoms with Crippen LogP contribution in [0.25, 0.3) is 0 Å². The van der Waals surface area contributed by atoms with E-state index in [1.54, 1.807) is 0 Å². The van der Waals surface area contributed by atoms with Crippen molar-refractivity contribution < 1.29 is 14.3 Å². The molecule has 3 aliphatic heterocycles. The fourth-order valence-corrected chi connectivity index (χ4v) is 4.00. The van der Waals surface area contributed by atoms with Crippen molar-refractivity contribution in [3.63, 3.8) is 0 Å². The molecule has 1 aromatic carbocycles. The largest absolute Gasteiger partial charge is 0.377 e. The lowest BCUT2D eigenvalue weighted by atomic mass is 10.0. The second-order valence-corrected chi connectivity index (χ2v) is 7.31. The second kappa shape index (κ2) is 7.41. The van der Waals surface area contributed by atoms with E-state index in [-0.39, 0.29) is 11.5 Å². The molecule has 2 fully saturated rings. The Labute approximate surface area is 149 Å². The molecular formula is C19H27N3O3. The summed E-state index contributed by atoms with van der Waals surface area (Å²) in [7, 11) is 0. The molecule has 3 heterocycles. The summed E-state index contributed by atoms with van der Waals surface area (Å²) in [5.74, 6) is 0.225. The molecule has 136 valence electrons. The van der Waals surface area contributed by atoms with Crippen LogP contribution in [0.5, 0.6) is 0 Å².